The molecule has 1 atom stereocenters. The number of methoxy groups -OCH3 is 2. The molecule has 0 saturated carbocycles. The van der Waals surface area contributed by atoms with Crippen LogP contribution in [0.3, 0.4) is 0 Å². The molecule has 3 rings (SSSR count). The highest BCUT2D eigenvalue weighted by atomic mass is 16.5. The fourth-order valence-corrected chi connectivity index (χ4v) is 3.73. The first-order valence-corrected chi connectivity index (χ1v) is 8.92. The highest BCUT2D eigenvalue weighted by Gasteiger charge is 2.30. The molecular formula is C20H29N3O2+2. The minimum absolute atomic E-state index is 0.383. The molecule has 1 saturated heterocycles. The average Bonchev–Trinajstić information content (AvgIpc) is 2.69. The van der Waals surface area contributed by atoms with Gasteiger partial charge in [0.15, 0.2) is 6.04 Å². The number of nitrogens with one attached hydrogen (secondary N) is 1. The van der Waals surface area contributed by atoms with E-state index in [2.05, 4.69) is 34.9 Å². The topological polar surface area (TPSA) is 53.8 Å². The van der Waals surface area contributed by atoms with E-state index in [0.29, 0.717) is 6.04 Å². The molecule has 25 heavy (non-hydrogen) atoms. The highest BCUT2D eigenvalue weighted by Crippen LogP contribution is 2.23. The lowest BCUT2D eigenvalue weighted by molar-refractivity contribution is -0.938. The van der Waals surface area contributed by atoms with Crippen molar-refractivity contribution in [2.45, 2.75) is 6.04 Å². The number of piperazine rings is 1. The van der Waals surface area contributed by atoms with Crippen LogP contribution in [0.25, 0.3) is 0 Å². The summed E-state index contributed by atoms with van der Waals surface area (Å²) in [6.45, 7) is 5.17. The van der Waals surface area contributed by atoms with Crippen LogP contribution >= 0.6 is 0 Å². The largest absolute Gasteiger partial charge is 0.497 e. The van der Waals surface area contributed by atoms with Crippen molar-refractivity contribution < 1.29 is 20.1 Å². The van der Waals surface area contributed by atoms with Crippen molar-refractivity contribution in [1.82, 2.24) is 0 Å². The van der Waals surface area contributed by atoms with Crippen LogP contribution in [0.15, 0.2) is 48.5 Å². The number of hydrogen-bond acceptors (Lipinski definition) is 3. The van der Waals surface area contributed by atoms with Gasteiger partial charge in [-0.2, -0.15) is 0 Å². The fraction of sp³-hybridized carbons (Fsp3) is 0.400. The minimum atomic E-state index is 0.383. The van der Waals surface area contributed by atoms with Crippen LogP contribution in [0.4, 0.5) is 5.69 Å². The average molecular weight is 343 g/mol. The van der Waals surface area contributed by atoms with Gasteiger partial charge in [0.25, 0.3) is 0 Å². The van der Waals surface area contributed by atoms with Gasteiger partial charge in [-0.25, -0.2) is 0 Å². The Morgan fingerprint density at radius 1 is 1.00 bits per heavy atom. The molecule has 2 aromatic carbocycles. The minimum Gasteiger partial charge on any atom is -0.497 e. The Hall–Kier alpha value is -2.24. The lowest BCUT2D eigenvalue weighted by atomic mass is 10.0. The van der Waals surface area contributed by atoms with Gasteiger partial charge in [-0.05, 0) is 36.4 Å². The molecule has 0 radical (unpaired) electrons. The van der Waals surface area contributed by atoms with Crippen molar-refractivity contribution in [3.8, 4) is 11.5 Å². The second-order valence-electron chi connectivity index (χ2n) is 6.43. The third kappa shape index (κ3) is 3.89. The van der Waals surface area contributed by atoms with Gasteiger partial charge in [0, 0.05) is 5.69 Å². The first-order chi connectivity index (χ1) is 12.3. The smallest absolute Gasteiger partial charge is 0.166 e. The number of anilines is 1. The molecule has 1 aliphatic rings. The molecule has 2 aromatic rings. The van der Waals surface area contributed by atoms with E-state index in [9.17, 15) is 0 Å². The molecule has 134 valence electrons. The number of rotatable bonds is 6. The molecule has 0 aliphatic carbocycles. The zero-order chi connectivity index (χ0) is 17.6. The molecule has 5 heteroatoms. The normalized spacial score (nSPS) is 16.5. The van der Waals surface area contributed by atoms with Crippen molar-refractivity contribution >= 4 is 5.69 Å². The number of ether oxygens (including phenoxy) is 2. The summed E-state index contributed by atoms with van der Waals surface area (Å²) in [6, 6.07) is 17.1. The molecule has 0 bridgehead atoms. The van der Waals surface area contributed by atoms with E-state index in [-0.39, 0.29) is 0 Å². The molecule has 5 nitrogen and oxygen atoms in total. The predicted molar refractivity (Wildman–Crippen MR) is 99.4 cm³/mol. The summed E-state index contributed by atoms with van der Waals surface area (Å²) in [7, 11) is 3.45. The Balaban J connectivity index is 1.67. The van der Waals surface area contributed by atoms with Gasteiger partial charge >= 0.3 is 0 Å². The van der Waals surface area contributed by atoms with Crippen LogP contribution in [0, 0.1) is 0 Å². The molecule has 0 aromatic heterocycles. The molecule has 1 aliphatic heterocycles. The third-order valence-corrected chi connectivity index (χ3v) is 5.14. The molecule has 0 amide bonds. The maximum absolute atomic E-state index is 5.57. The summed E-state index contributed by atoms with van der Waals surface area (Å²) in [6.07, 6.45) is 0. The summed E-state index contributed by atoms with van der Waals surface area (Å²) in [5.41, 5.74) is 6.74. The van der Waals surface area contributed by atoms with Gasteiger partial charge < -0.3 is 25.0 Å². The second-order valence-corrected chi connectivity index (χ2v) is 6.43. The van der Waals surface area contributed by atoms with Crippen molar-refractivity contribution in [3.63, 3.8) is 0 Å². The summed E-state index contributed by atoms with van der Waals surface area (Å²) < 4.78 is 10.8. The van der Waals surface area contributed by atoms with E-state index in [4.69, 9.17) is 9.47 Å². The van der Waals surface area contributed by atoms with E-state index in [1.807, 2.05) is 24.3 Å². The Bertz CT molecular complexity index is 667. The number of benzene rings is 2. The summed E-state index contributed by atoms with van der Waals surface area (Å²) in [5, 5.41) is 0. The van der Waals surface area contributed by atoms with E-state index < -0.39 is 0 Å². The SMILES string of the molecule is COc1ccc(N2CC[NH+]([C@H](C[NH3+])c3ccccc3OC)CC2)cc1. The maximum atomic E-state index is 5.57. The second kappa shape index (κ2) is 8.23. The molecule has 0 unspecified atom stereocenters. The standard InChI is InChI=1S/C20H27N3O2/c1-24-17-9-7-16(8-10-17)22-11-13-23(14-12-22)19(15-21)18-5-3-4-6-20(18)25-2/h3-10,19H,11-15,21H2,1-2H3/p+2/t19-/m1/s1. The monoisotopic (exact) mass is 343 g/mol. The zero-order valence-corrected chi connectivity index (χ0v) is 15.2. The van der Waals surface area contributed by atoms with Crippen molar-refractivity contribution in [2.75, 3.05) is 51.8 Å². The molecule has 4 N–H and O–H groups in total. The van der Waals surface area contributed by atoms with Crippen LogP contribution in [0.1, 0.15) is 11.6 Å². The lowest BCUT2D eigenvalue weighted by Crippen LogP contribution is -3.16. The van der Waals surface area contributed by atoms with E-state index in [1.165, 1.54) is 11.3 Å². The number of para-hydroxylation sites is 1. The Morgan fingerprint density at radius 2 is 1.68 bits per heavy atom. The van der Waals surface area contributed by atoms with Gasteiger partial charge in [-0.3, -0.25) is 0 Å². The van der Waals surface area contributed by atoms with Crippen LogP contribution in [-0.2, 0) is 0 Å². The first kappa shape index (κ1) is 17.6. The van der Waals surface area contributed by atoms with Gasteiger partial charge in [0.05, 0.1) is 46.0 Å². The summed E-state index contributed by atoms with van der Waals surface area (Å²) in [5.74, 6) is 1.88. The fourth-order valence-electron chi connectivity index (χ4n) is 3.73. The summed E-state index contributed by atoms with van der Waals surface area (Å²) >= 11 is 0. The van der Waals surface area contributed by atoms with Gasteiger partial charge in [-0.1, -0.05) is 12.1 Å². The van der Waals surface area contributed by atoms with Crippen LogP contribution in [-0.4, -0.2) is 46.9 Å². The molecule has 1 fully saturated rings. The molecule has 0 spiro atoms. The number of hydrogen-bond donors (Lipinski definition) is 2. The van der Waals surface area contributed by atoms with Crippen LogP contribution in [0.5, 0.6) is 11.5 Å². The van der Waals surface area contributed by atoms with Crippen molar-refractivity contribution in [1.29, 1.82) is 0 Å². The zero-order valence-electron chi connectivity index (χ0n) is 15.2. The van der Waals surface area contributed by atoms with E-state index in [0.717, 1.165) is 44.2 Å². The predicted octanol–water partition coefficient (Wildman–Crippen LogP) is 0.392. The molecule has 1 heterocycles. The molecular weight excluding hydrogens is 314 g/mol. The van der Waals surface area contributed by atoms with E-state index in [1.54, 1.807) is 19.1 Å². The quantitative estimate of drug-likeness (QED) is 0.798. The first-order valence-electron chi connectivity index (χ1n) is 8.92. The Morgan fingerprint density at radius 3 is 2.28 bits per heavy atom. The maximum Gasteiger partial charge on any atom is 0.166 e. The number of nitrogens with zero attached hydrogens (tertiary/aromatic N) is 1. The van der Waals surface area contributed by atoms with Crippen molar-refractivity contribution in [2.24, 2.45) is 0 Å². The van der Waals surface area contributed by atoms with Gasteiger partial charge in [0.2, 0.25) is 0 Å². The van der Waals surface area contributed by atoms with Gasteiger partial charge in [0.1, 0.15) is 18.0 Å². The third-order valence-electron chi connectivity index (χ3n) is 5.14. The number of quaternary nitrogens is 2. The Kier molecular flexibility index (Phi) is 5.79. The van der Waals surface area contributed by atoms with Crippen LogP contribution in [0.2, 0.25) is 0 Å². The van der Waals surface area contributed by atoms with Crippen LogP contribution < -0.4 is 25.0 Å². The van der Waals surface area contributed by atoms with Gasteiger partial charge in [-0.15, -0.1) is 0 Å². The Labute approximate surface area is 149 Å². The lowest BCUT2D eigenvalue weighted by Gasteiger charge is -2.37. The van der Waals surface area contributed by atoms with Crippen molar-refractivity contribution in [3.05, 3.63) is 54.1 Å². The summed E-state index contributed by atoms with van der Waals surface area (Å²) in [4.78, 5) is 4.04. The van der Waals surface area contributed by atoms with E-state index >= 15 is 0 Å². The highest BCUT2D eigenvalue weighted by molar-refractivity contribution is 5.49.